The van der Waals surface area contributed by atoms with Crippen LogP contribution in [0.15, 0.2) is 85.2 Å². The van der Waals surface area contributed by atoms with Crippen LogP contribution in [0.1, 0.15) is 233 Å². The average molecular weight is 1830 g/mol. The number of ether oxygens (including phenoxy) is 4. The predicted octanol–water partition coefficient (Wildman–Crippen LogP) is 11.6. The Bertz CT molecular complexity index is 5340. The van der Waals surface area contributed by atoms with E-state index in [1.54, 1.807) is 116 Å². The fraction of sp³-hybridized carbons (Fsp3) is 0.582. The molecule has 2 atom stereocenters. The maximum absolute atomic E-state index is 15.4. The van der Waals surface area contributed by atoms with Gasteiger partial charge in [-0.1, -0.05) is 27.7 Å². The number of nitrogens with one attached hydrogen (secondary N) is 3. The molecule has 0 saturated carbocycles. The minimum Gasteiger partial charge on any atom is -0.508 e. The summed E-state index contributed by atoms with van der Waals surface area (Å²) in [6, 6.07) is 19.3. The van der Waals surface area contributed by atoms with Crippen molar-refractivity contribution in [1.82, 2.24) is 84.0 Å². The minimum atomic E-state index is -1.12. The minimum absolute atomic E-state index is 0.000418. The summed E-state index contributed by atoms with van der Waals surface area (Å²) in [6.45, 7) is 38.2. The third kappa shape index (κ3) is 27.4. The second-order valence-electron chi connectivity index (χ2n) is 39.8. The maximum Gasteiger partial charge on any atom is 0.323 e. The standard InChI is InChI=1S/C98H139N17O17/c1-19-99-91(125)89-104-102-87(72-55-70(62(3)4)78(116)57-80(72)118)114(89)68-21-24-75-66(53-68)35-43-109(75)37-29-64-31-39-112(40-32-64)83(121)28-23-74(93(127)113-41-33-65(34-42-113)30-38-110-44-36-67-54-69(22-25-76(67)110)115-88(103-105-90(115)92(126)100-20-2)73-56-71(63(5)6)79(117)58-81(73)119)101-82(120)27-26-77(94(128)132-98(16,17)18)111-51-49-107(60-85(123)130-96(10,11)12)47-45-106(59-84(122)129-95(7,8)9)46-48-108(50-52-111)61-86(124)131-97(13,14)15/h21-22,24-25,35-36,43-44,53-58,62-65,74,77,116-119H,19-20,23,26-34,37-42,45-52,59-61H2,1-18H3,(H,99,125)(H,100,126)(H,101,120)/t74-,77+/m0/s1. The highest BCUT2D eigenvalue weighted by atomic mass is 16.6. The Morgan fingerprint density at radius 3 is 1.21 bits per heavy atom. The first-order chi connectivity index (χ1) is 62.3. The highest BCUT2D eigenvalue weighted by Gasteiger charge is 2.38. The normalized spacial score (nSPS) is 16.1. The Labute approximate surface area is 774 Å². The van der Waals surface area contributed by atoms with Crippen LogP contribution in [-0.4, -0.2) is 288 Å². The number of piperidine rings is 2. The van der Waals surface area contributed by atoms with Gasteiger partial charge in [-0.25, -0.2) is 0 Å². The van der Waals surface area contributed by atoms with E-state index in [4.69, 9.17) is 18.9 Å². The summed E-state index contributed by atoms with van der Waals surface area (Å²) in [5.74, 6) is -3.66. The van der Waals surface area contributed by atoms with Crippen LogP contribution >= 0.6 is 0 Å². The molecule has 3 saturated heterocycles. The van der Waals surface area contributed by atoms with Crippen molar-refractivity contribution in [2.75, 3.05) is 111 Å². The van der Waals surface area contributed by atoms with Crippen molar-refractivity contribution >= 4 is 75.2 Å². The number of nitrogens with zero attached hydrogens (tertiary/aromatic N) is 14. The lowest BCUT2D eigenvalue weighted by atomic mass is 9.92. The highest BCUT2D eigenvalue weighted by Crippen LogP contribution is 2.42. The van der Waals surface area contributed by atoms with Crippen LogP contribution in [-0.2, 0) is 65.6 Å². The van der Waals surface area contributed by atoms with Crippen LogP contribution in [0.5, 0.6) is 23.0 Å². The van der Waals surface area contributed by atoms with Crippen LogP contribution in [0.4, 0.5) is 0 Å². The van der Waals surface area contributed by atoms with Crippen molar-refractivity contribution in [2.45, 2.75) is 248 Å². The summed E-state index contributed by atoms with van der Waals surface area (Å²) >= 11 is 0. The number of fused-ring (bicyclic) bond motifs is 2. The molecule has 7 heterocycles. The monoisotopic (exact) mass is 1830 g/mol. The van der Waals surface area contributed by atoms with Gasteiger partial charge in [-0.2, -0.15) is 0 Å². The number of amides is 5. The Balaban J connectivity index is 0.802. The number of hydrogen-bond donors (Lipinski definition) is 7. The molecule has 0 aliphatic carbocycles. The molecular weight excluding hydrogens is 1690 g/mol. The molecule has 0 radical (unpaired) electrons. The van der Waals surface area contributed by atoms with Crippen LogP contribution in [0.2, 0.25) is 0 Å². The third-order valence-corrected chi connectivity index (χ3v) is 24.1. The topological polar surface area (TPSA) is 398 Å². The van der Waals surface area contributed by atoms with Gasteiger partial charge in [0.1, 0.15) is 57.5 Å². The lowest BCUT2D eigenvalue weighted by Crippen LogP contribution is -2.53. The number of rotatable bonds is 32. The molecular formula is C98H139N17O17. The summed E-state index contributed by atoms with van der Waals surface area (Å²) < 4.78 is 31.2. The molecule has 0 spiro atoms. The molecule has 8 aromatic rings. The molecule has 132 heavy (non-hydrogen) atoms. The van der Waals surface area contributed by atoms with Crippen LogP contribution in [0.3, 0.4) is 0 Å². The number of aromatic hydroxyl groups is 4. The number of hydrogen-bond acceptors (Lipinski definition) is 25. The third-order valence-electron chi connectivity index (χ3n) is 24.1. The van der Waals surface area contributed by atoms with Gasteiger partial charge in [-0.15, -0.1) is 20.4 Å². The molecule has 4 aromatic carbocycles. The van der Waals surface area contributed by atoms with Gasteiger partial charge in [-0.05, 0) is 244 Å². The van der Waals surface area contributed by atoms with Gasteiger partial charge in [0.25, 0.3) is 11.8 Å². The molecule has 0 unspecified atom stereocenters. The van der Waals surface area contributed by atoms with Gasteiger partial charge in [0.05, 0.1) is 42.1 Å². The number of aryl methyl sites for hydroxylation is 2. The molecule has 718 valence electrons. The largest absolute Gasteiger partial charge is 0.508 e. The quantitative estimate of drug-likeness (QED) is 0.0152. The predicted molar refractivity (Wildman–Crippen MR) is 502 cm³/mol. The van der Waals surface area contributed by atoms with Gasteiger partial charge in [0, 0.05) is 164 Å². The zero-order valence-electron chi connectivity index (χ0n) is 80.4. The Morgan fingerprint density at radius 2 is 0.833 bits per heavy atom. The fourth-order valence-electron chi connectivity index (χ4n) is 17.5. The summed E-state index contributed by atoms with van der Waals surface area (Å²) in [6.07, 6.45) is 8.08. The maximum atomic E-state index is 15.4. The number of phenolic OH excluding ortho intramolecular Hbond substituents is 4. The number of phenols is 4. The molecule has 4 aromatic heterocycles. The summed E-state index contributed by atoms with van der Waals surface area (Å²) in [4.78, 5) is 140. The van der Waals surface area contributed by atoms with Gasteiger partial charge < -0.3 is 74.3 Å². The van der Waals surface area contributed by atoms with E-state index in [0.717, 1.165) is 47.5 Å². The number of aromatic nitrogens is 8. The molecule has 0 bridgehead atoms. The van der Waals surface area contributed by atoms with Gasteiger partial charge >= 0.3 is 23.9 Å². The second-order valence-corrected chi connectivity index (χ2v) is 39.8. The lowest BCUT2D eigenvalue weighted by molar-refractivity contribution is -0.163. The highest BCUT2D eigenvalue weighted by molar-refractivity contribution is 5.95. The second kappa shape index (κ2) is 43.9. The molecule has 5 amide bonds. The van der Waals surface area contributed by atoms with Gasteiger partial charge in [-0.3, -0.25) is 71.9 Å². The van der Waals surface area contributed by atoms with Crippen molar-refractivity contribution in [1.29, 1.82) is 0 Å². The number of esters is 4. The van der Waals surface area contributed by atoms with Crippen molar-refractivity contribution in [2.24, 2.45) is 11.8 Å². The number of carbonyl (C=O) groups is 9. The molecule has 11 rings (SSSR count). The molecule has 3 aliphatic rings. The molecule has 34 nitrogen and oxygen atoms in total. The van der Waals surface area contributed by atoms with E-state index in [0.29, 0.717) is 112 Å². The van der Waals surface area contributed by atoms with Crippen molar-refractivity contribution in [3.8, 4) is 57.1 Å². The summed E-state index contributed by atoms with van der Waals surface area (Å²) in [7, 11) is 0. The van der Waals surface area contributed by atoms with Crippen molar-refractivity contribution < 1.29 is 82.5 Å². The van der Waals surface area contributed by atoms with E-state index in [-0.39, 0.29) is 166 Å². The molecule has 3 aliphatic heterocycles. The number of carbonyl (C=O) groups excluding carboxylic acids is 9. The van der Waals surface area contributed by atoms with E-state index in [2.05, 4.69) is 45.5 Å². The first kappa shape index (κ1) is 101. The van der Waals surface area contributed by atoms with E-state index in [1.165, 1.54) is 12.1 Å². The first-order valence-corrected chi connectivity index (χ1v) is 46.7. The van der Waals surface area contributed by atoms with Crippen LogP contribution in [0, 0.1) is 11.8 Å². The van der Waals surface area contributed by atoms with E-state index in [1.807, 2.05) is 120 Å². The van der Waals surface area contributed by atoms with E-state index < -0.39 is 76.1 Å². The Hall–Kier alpha value is -11.5. The number of benzene rings is 4. The zero-order valence-corrected chi connectivity index (χ0v) is 80.4. The lowest BCUT2D eigenvalue weighted by Gasteiger charge is -2.37. The number of likely N-dealkylation sites (tertiary alicyclic amines) is 2. The zero-order chi connectivity index (χ0) is 96.0. The molecule has 3 fully saturated rings. The smallest absolute Gasteiger partial charge is 0.323 e. The Morgan fingerprint density at radius 1 is 0.447 bits per heavy atom. The average Bonchev–Trinajstić information content (AvgIpc) is 1.60. The SMILES string of the molecule is CCNC(=O)c1nnc(-c2cc(C(C)C)c(O)cc2O)n1-c1ccc2c(ccn2CCC2CCN(C(=O)CC[C@H](NC(=O)CC[C@H](C(=O)OC(C)(C)C)N3CCN(CC(=O)OC(C)(C)C)CCN(CC(=O)OC(C)(C)C)CCN(CC(=O)OC(C)(C)C)CC3)C(=O)N3CCC(CCn4ccc5cc(-n6c(C(=O)NCC)nnc6-c6cc(C(C)C)c(O)cc6O)ccc54)CC3)CC2)c1. The summed E-state index contributed by atoms with van der Waals surface area (Å²) in [5, 5.41) is 71.8. The van der Waals surface area contributed by atoms with Crippen LogP contribution in [0.25, 0.3) is 56.0 Å². The van der Waals surface area contributed by atoms with Gasteiger partial charge in [0.2, 0.25) is 29.4 Å². The van der Waals surface area contributed by atoms with Crippen molar-refractivity contribution in [3.63, 3.8) is 0 Å². The van der Waals surface area contributed by atoms with Crippen LogP contribution < -0.4 is 16.0 Å². The summed E-state index contributed by atoms with van der Waals surface area (Å²) in [5.41, 5.74) is 1.52. The first-order valence-electron chi connectivity index (χ1n) is 46.7. The molecule has 34 heteroatoms. The fourth-order valence-corrected chi connectivity index (χ4v) is 17.5. The molecule has 7 N–H and O–H groups in total. The van der Waals surface area contributed by atoms with Crippen molar-refractivity contribution in [3.05, 3.63) is 108 Å². The van der Waals surface area contributed by atoms with Gasteiger partial charge in [0.15, 0.2) is 11.6 Å². The Kier molecular flexibility index (Phi) is 33.6. The van der Waals surface area contributed by atoms with E-state index >= 15 is 14.4 Å². The van der Waals surface area contributed by atoms with E-state index in [9.17, 15) is 49.2 Å².